The standard InChI is InChI=1S/C28H39FN4O2/c1-5-21(6-2)27(34)30-25-15-14-23(20-24(25)29)32-16-18-33(19-17-32)26(22-12-10-9-11-13-22)28(35)31(7-3)8-4/h9-15,20-21,26H,5-8,16-19H2,1-4H3,(H,30,34). The van der Waals surface area contributed by atoms with Crippen LogP contribution >= 0.6 is 0 Å². The quantitative estimate of drug-likeness (QED) is 0.522. The summed E-state index contributed by atoms with van der Waals surface area (Å²) < 4.78 is 14.8. The number of nitrogens with zero attached hydrogens (tertiary/aromatic N) is 3. The Labute approximate surface area is 209 Å². The van der Waals surface area contributed by atoms with E-state index in [2.05, 4.69) is 15.1 Å². The molecule has 0 radical (unpaired) electrons. The van der Waals surface area contributed by atoms with Gasteiger partial charge >= 0.3 is 0 Å². The maximum atomic E-state index is 14.8. The van der Waals surface area contributed by atoms with Gasteiger partial charge in [-0.2, -0.15) is 0 Å². The molecule has 0 aliphatic carbocycles. The average Bonchev–Trinajstić information content (AvgIpc) is 2.88. The van der Waals surface area contributed by atoms with Crippen LogP contribution in [0.1, 0.15) is 52.1 Å². The number of benzene rings is 2. The van der Waals surface area contributed by atoms with Crippen LogP contribution in [-0.2, 0) is 9.59 Å². The van der Waals surface area contributed by atoms with Gasteiger partial charge in [-0.25, -0.2) is 4.39 Å². The van der Waals surface area contributed by atoms with E-state index in [9.17, 15) is 14.0 Å². The largest absolute Gasteiger partial charge is 0.369 e. The van der Waals surface area contributed by atoms with Crippen LogP contribution in [-0.4, -0.2) is 60.9 Å². The molecule has 1 saturated heterocycles. The van der Waals surface area contributed by atoms with Crippen LogP contribution in [0.25, 0.3) is 0 Å². The Morgan fingerprint density at radius 1 is 0.943 bits per heavy atom. The normalized spacial score (nSPS) is 15.2. The summed E-state index contributed by atoms with van der Waals surface area (Å²) >= 11 is 0. The second-order valence-electron chi connectivity index (χ2n) is 9.01. The van der Waals surface area contributed by atoms with Crippen LogP contribution in [0.2, 0.25) is 0 Å². The predicted octanol–water partition coefficient (Wildman–Crippen LogP) is 4.93. The van der Waals surface area contributed by atoms with Crippen molar-refractivity contribution in [2.24, 2.45) is 5.92 Å². The summed E-state index contributed by atoms with van der Waals surface area (Å²) in [7, 11) is 0. The second kappa shape index (κ2) is 12.7. The maximum Gasteiger partial charge on any atom is 0.244 e. The van der Waals surface area contributed by atoms with E-state index in [4.69, 9.17) is 0 Å². The summed E-state index contributed by atoms with van der Waals surface area (Å²) in [5.41, 5.74) is 2.01. The highest BCUT2D eigenvalue weighted by molar-refractivity contribution is 5.92. The number of halogens is 1. The van der Waals surface area contributed by atoms with E-state index in [1.54, 1.807) is 6.07 Å². The molecule has 1 aliphatic rings. The van der Waals surface area contributed by atoms with Gasteiger partial charge in [-0.1, -0.05) is 44.2 Å². The summed E-state index contributed by atoms with van der Waals surface area (Å²) in [5.74, 6) is -0.555. The van der Waals surface area contributed by atoms with E-state index in [1.165, 1.54) is 6.07 Å². The third-order valence-electron chi connectivity index (χ3n) is 7.04. The summed E-state index contributed by atoms with van der Waals surface area (Å²) in [4.78, 5) is 32.0. The molecule has 6 nitrogen and oxygen atoms in total. The Hall–Kier alpha value is -2.93. The van der Waals surface area contributed by atoms with E-state index in [-0.39, 0.29) is 29.5 Å². The van der Waals surface area contributed by atoms with E-state index in [1.807, 2.05) is 69.0 Å². The van der Waals surface area contributed by atoms with Crippen molar-refractivity contribution in [3.8, 4) is 0 Å². The number of anilines is 2. The predicted molar refractivity (Wildman–Crippen MR) is 140 cm³/mol. The minimum absolute atomic E-state index is 0.112. The highest BCUT2D eigenvalue weighted by Gasteiger charge is 2.32. The maximum absolute atomic E-state index is 14.8. The number of hydrogen-bond acceptors (Lipinski definition) is 4. The lowest BCUT2D eigenvalue weighted by Crippen LogP contribution is -2.51. The number of rotatable bonds is 10. The lowest BCUT2D eigenvalue weighted by Gasteiger charge is -2.41. The zero-order chi connectivity index (χ0) is 25.4. The molecule has 0 spiro atoms. The van der Waals surface area contributed by atoms with Gasteiger partial charge in [0.05, 0.1) is 5.69 Å². The molecule has 2 aromatic carbocycles. The minimum Gasteiger partial charge on any atom is -0.369 e. The molecule has 3 rings (SSSR count). The Balaban J connectivity index is 1.70. The molecule has 2 aromatic rings. The first-order chi connectivity index (χ1) is 16.9. The zero-order valence-electron chi connectivity index (χ0n) is 21.5. The van der Waals surface area contributed by atoms with E-state index in [0.717, 1.165) is 24.1 Å². The third kappa shape index (κ3) is 6.40. The van der Waals surface area contributed by atoms with Gasteiger partial charge in [0.15, 0.2) is 0 Å². The van der Waals surface area contributed by atoms with E-state index < -0.39 is 5.82 Å². The fourth-order valence-corrected chi connectivity index (χ4v) is 4.79. The second-order valence-corrected chi connectivity index (χ2v) is 9.01. The topological polar surface area (TPSA) is 55.9 Å². The number of hydrogen-bond donors (Lipinski definition) is 1. The molecule has 190 valence electrons. The Bertz CT molecular complexity index is 968. The molecule has 1 heterocycles. The fraction of sp³-hybridized carbons (Fsp3) is 0.500. The Kier molecular flexibility index (Phi) is 9.66. The van der Waals surface area contributed by atoms with Crippen LogP contribution < -0.4 is 10.2 Å². The van der Waals surface area contributed by atoms with Crippen molar-refractivity contribution in [1.29, 1.82) is 0 Å². The average molecular weight is 483 g/mol. The number of amides is 2. The van der Waals surface area contributed by atoms with Gasteiger partial charge in [0, 0.05) is 50.9 Å². The number of nitrogens with one attached hydrogen (secondary N) is 1. The molecule has 1 aliphatic heterocycles. The van der Waals surface area contributed by atoms with Gasteiger partial charge in [0.25, 0.3) is 0 Å². The molecule has 0 saturated carbocycles. The molecule has 7 heteroatoms. The van der Waals surface area contributed by atoms with Crippen LogP contribution in [0.15, 0.2) is 48.5 Å². The molecule has 0 aromatic heterocycles. The van der Waals surface area contributed by atoms with Crippen LogP contribution in [0.4, 0.5) is 15.8 Å². The van der Waals surface area contributed by atoms with Crippen molar-refractivity contribution in [2.75, 3.05) is 49.5 Å². The molecule has 2 amide bonds. The van der Waals surface area contributed by atoms with Gasteiger partial charge in [-0.15, -0.1) is 0 Å². The van der Waals surface area contributed by atoms with Gasteiger partial charge < -0.3 is 15.1 Å². The number of carbonyl (C=O) groups excluding carboxylic acids is 2. The first-order valence-electron chi connectivity index (χ1n) is 12.9. The van der Waals surface area contributed by atoms with Crippen molar-refractivity contribution in [3.63, 3.8) is 0 Å². The SMILES string of the molecule is CCC(CC)C(=O)Nc1ccc(N2CCN(C(C(=O)N(CC)CC)c3ccccc3)CC2)cc1F. The smallest absolute Gasteiger partial charge is 0.244 e. The summed E-state index contributed by atoms with van der Waals surface area (Å²) in [6, 6.07) is 14.6. The molecule has 1 N–H and O–H groups in total. The molecule has 1 atom stereocenters. The van der Waals surface area contributed by atoms with Crippen molar-refractivity contribution in [2.45, 2.75) is 46.6 Å². The van der Waals surface area contributed by atoms with Gasteiger partial charge in [0.2, 0.25) is 11.8 Å². The van der Waals surface area contributed by atoms with Crippen LogP contribution in [0, 0.1) is 11.7 Å². The van der Waals surface area contributed by atoms with Crippen molar-refractivity contribution in [1.82, 2.24) is 9.80 Å². The van der Waals surface area contributed by atoms with Gasteiger partial charge in [-0.3, -0.25) is 14.5 Å². The van der Waals surface area contributed by atoms with Crippen LogP contribution in [0.5, 0.6) is 0 Å². The summed E-state index contributed by atoms with van der Waals surface area (Å²) in [6.45, 7) is 12.1. The highest BCUT2D eigenvalue weighted by atomic mass is 19.1. The van der Waals surface area contributed by atoms with Gasteiger partial charge in [-0.05, 0) is 50.5 Å². The summed E-state index contributed by atoms with van der Waals surface area (Å²) in [6.07, 6.45) is 1.46. The van der Waals surface area contributed by atoms with Gasteiger partial charge in [0.1, 0.15) is 11.9 Å². The van der Waals surface area contributed by atoms with E-state index >= 15 is 0 Å². The third-order valence-corrected chi connectivity index (χ3v) is 7.04. The number of carbonyl (C=O) groups is 2. The molecular weight excluding hydrogens is 443 g/mol. The number of piperazine rings is 1. The van der Waals surface area contributed by atoms with Crippen molar-refractivity contribution >= 4 is 23.2 Å². The molecule has 35 heavy (non-hydrogen) atoms. The molecule has 1 fully saturated rings. The fourth-order valence-electron chi connectivity index (χ4n) is 4.79. The molecular formula is C28H39FN4O2. The lowest BCUT2D eigenvalue weighted by molar-refractivity contribution is -0.137. The van der Waals surface area contributed by atoms with Crippen LogP contribution in [0.3, 0.4) is 0 Å². The van der Waals surface area contributed by atoms with E-state index in [0.29, 0.717) is 39.3 Å². The number of likely N-dealkylation sites (N-methyl/N-ethyl adjacent to an activating group) is 1. The first-order valence-corrected chi connectivity index (χ1v) is 12.9. The van der Waals surface area contributed by atoms with Crippen molar-refractivity contribution in [3.05, 3.63) is 59.9 Å². The van der Waals surface area contributed by atoms with Crippen molar-refractivity contribution < 1.29 is 14.0 Å². The highest BCUT2D eigenvalue weighted by Crippen LogP contribution is 2.28. The Morgan fingerprint density at radius 2 is 1.57 bits per heavy atom. The Morgan fingerprint density at radius 3 is 2.11 bits per heavy atom. The zero-order valence-corrected chi connectivity index (χ0v) is 21.5. The minimum atomic E-state index is -0.428. The first kappa shape index (κ1) is 26.7. The molecule has 0 bridgehead atoms. The lowest BCUT2D eigenvalue weighted by atomic mass is 10.0. The summed E-state index contributed by atoms with van der Waals surface area (Å²) in [5, 5.41) is 2.73. The monoisotopic (exact) mass is 482 g/mol. The molecule has 1 unspecified atom stereocenters.